The van der Waals surface area contributed by atoms with Gasteiger partial charge in [-0.05, 0) is 12.0 Å². The standard InChI is InChI=1S/C9H18N2O/c1-8(2)7-9(12)5-6-10-11(3)4/h5-6,8,10H,7H2,1-4H3/b6-5-. The fraction of sp³-hybridized carbons (Fsp3) is 0.667. The molecule has 0 saturated carbocycles. The summed E-state index contributed by atoms with van der Waals surface area (Å²) in [5.41, 5.74) is 2.88. The smallest absolute Gasteiger partial charge is 0.157 e. The second-order valence-electron chi connectivity index (χ2n) is 3.42. The fourth-order valence-electron chi connectivity index (χ4n) is 0.750. The molecule has 0 aliphatic heterocycles. The third-order valence-corrected chi connectivity index (χ3v) is 1.21. The van der Waals surface area contributed by atoms with Gasteiger partial charge in [-0.3, -0.25) is 4.79 Å². The summed E-state index contributed by atoms with van der Waals surface area (Å²) in [6.07, 6.45) is 3.84. The molecule has 0 aromatic heterocycles. The summed E-state index contributed by atoms with van der Waals surface area (Å²) in [5.74, 6) is 0.598. The average molecular weight is 170 g/mol. The van der Waals surface area contributed by atoms with Crippen LogP contribution in [-0.2, 0) is 4.79 Å². The van der Waals surface area contributed by atoms with Crippen molar-refractivity contribution >= 4 is 5.78 Å². The van der Waals surface area contributed by atoms with Gasteiger partial charge in [0.25, 0.3) is 0 Å². The van der Waals surface area contributed by atoms with E-state index in [1.165, 1.54) is 0 Å². The van der Waals surface area contributed by atoms with E-state index in [1.54, 1.807) is 17.3 Å². The zero-order valence-electron chi connectivity index (χ0n) is 8.29. The highest BCUT2D eigenvalue weighted by atomic mass is 16.1. The van der Waals surface area contributed by atoms with E-state index in [1.807, 2.05) is 27.9 Å². The summed E-state index contributed by atoms with van der Waals surface area (Å²) in [6, 6.07) is 0. The van der Waals surface area contributed by atoms with Gasteiger partial charge in [0.15, 0.2) is 5.78 Å². The molecule has 0 unspecified atom stereocenters. The highest BCUT2D eigenvalue weighted by Gasteiger charge is 1.99. The van der Waals surface area contributed by atoms with E-state index in [-0.39, 0.29) is 5.78 Å². The van der Waals surface area contributed by atoms with Gasteiger partial charge in [-0.1, -0.05) is 13.8 Å². The summed E-state index contributed by atoms with van der Waals surface area (Å²) in [7, 11) is 3.74. The zero-order chi connectivity index (χ0) is 9.56. The van der Waals surface area contributed by atoms with Crippen LogP contribution in [0.1, 0.15) is 20.3 Å². The molecule has 0 aromatic carbocycles. The molecule has 0 amide bonds. The molecule has 0 saturated heterocycles. The quantitative estimate of drug-likeness (QED) is 0.497. The largest absolute Gasteiger partial charge is 0.327 e. The van der Waals surface area contributed by atoms with Crippen molar-refractivity contribution in [3.05, 3.63) is 12.3 Å². The third-order valence-electron chi connectivity index (χ3n) is 1.21. The van der Waals surface area contributed by atoms with Crippen LogP contribution >= 0.6 is 0 Å². The molecule has 0 atom stereocenters. The van der Waals surface area contributed by atoms with Gasteiger partial charge < -0.3 is 5.43 Å². The maximum absolute atomic E-state index is 11.1. The van der Waals surface area contributed by atoms with Gasteiger partial charge in [0.05, 0.1) is 0 Å². The minimum absolute atomic E-state index is 0.166. The van der Waals surface area contributed by atoms with E-state index < -0.39 is 0 Å². The van der Waals surface area contributed by atoms with E-state index in [2.05, 4.69) is 5.43 Å². The van der Waals surface area contributed by atoms with Crippen LogP contribution in [0.3, 0.4) is 0 Å². The van der Waals surface area contributed by atoms with E-state index in [0.29, 0.717) is 12.3 Å². The Bertz CT molecular complexity index is 162. The third kappa shape index (κ3) is 7.28. The van der Waals surface area contributed by atoms with Crippen molar-refractivity contribution in [2.75, 3.05) is 14.1 Å². The monoisotopic (exact) mass is 170 g/mol. The average Bonchev–Trinajstić information content (AvgIpc) is 1.84. The molecule has 0 bridgehead atoms. The van der Waals surface area contributed by atoms with Gasteiger partial charge >= 0.3 is 0 Å². The Hall–Kier alpha value is -0.830. The van der Waals surface area contributed by atoms with Crippen LogP contribution in [0.25, 0.3) is 0 Å². The molecular formula is C9H18N2O. The minimum Gasteiger partial charge on any atom is -0.327 e. The molecule has 0 heterocycles. The van der Waals surface area contributed by atoms with Crippen molar-refractivity contribution in [1.29, 1.82) is 0 Å². The topological polar surface area (TPSA) is 32.3 Å². The first-order valence-electron chi connectivity index (χ1n) is 4.15. The van der Waals surface area contributed by atoms with Crippen LogP contribution in [0, 0.1) is 5.92 Å². The maximum Gasteiger partial charge on any atom is 0.157 e. The predicted octanol–water partition coefficient (Wildman–Crippen LogP) is 1.18. The number of allylic oxidation sites excluding steroid dienone is 1. The Labute approximate surface area is 74.4 Å². The van der Waals surface area contributed by atoms with Crippen LogP contribution in [0.15, 0.2) is 12.3 Å². The maximum atomic E-state index is 11.1. The Morgan fingerprint density at radius 1 is 1.50 bits per heavy atom. The molecule has 0 spiro atoms. The number of rotatable bonds is 5. The van der Waals surface area contributed by atoms with E-state index in [0.717, 1.165) is 0 Å². The van der Waals surface area contributed by atoms with Crippen LogP contribution in [-0.4, -0.2) is 24.9 Å². The Morgan fingerprint density at radius 3 is 2.50 bits per heavy atom. The lowest BCUT2D eigenvalue weighted by atomic mass is 10.1. The van der Waals surface area contributed by atoms with Crippen LogP contribution in [0.4, 0.5) is 0 Å². The number of nitrogens with one attached hydrogen (secondary N) is 1. The first kappa shape index (κ1) is 11.2. The number of hydrazine groups is 1. The molecule has 70 valence electrons. The van der Waals surface area contributed by atoms with Gasteiger partial charge in [0.2, 0.25) is 0 Å². The molecule has 1 N–H and O–H groups in total. The molecule has 0 rings (SSSR count). The number of carbonyl (C=O) groups excluding carboxylic acids is 1. The van der Waals surface area contributed by atoms with Crippen molar-refractivity contribution in [3.8, 4) is 0 Å². The fourth-order valence-corrected chi connectivity index (χ4v) is 0.750. The molecule has 12 heavy (non-hydrogen) atoms. The highest BCUT2D eigenvalue weighted by Crippen LogP contribution is 1.99. The number of ketones is 1. The number of nitrogens with zero attached hydrogens (tertiary/aromatic N) is 1. The summed E-state index contributed by atoms with van der Waals surface area (Å²) in [5, 5.41) is 1.78. The van der Waals surface area contributed by atoms with Crippen molar-refractivity contribution in [2.24, 2.45) is 5.92 Å². The SMILES string of the molecule is CC(C)CC(=O)/C=C\NN(C)C. The van der Waals surface area contributed by atoms with Gasteiger partial charge in [-0.15, -0.1) is 0 Å². The number of hydrogen-bond donors (Lipinski definition) is 1. The Morgan fingerprint density at radius 2 is 2.08 bits per heavy atom. The summed E-state index contributed by atoms with van der Waals surface area (Å²) in [6.45, 7) is 4.07. The molecule has 0 aliphatic rings. The van der Waals surface area contributed by atoms with Crippen molar-refractivity contribution < 1.29 is 4.79 Å². The molecule has 3 nitrogen and oxygen atoms in total. The predicted molar refractivity (Wildman–Crippen MR) is 50.4 cm³/mol. The molecule has 0 aliphatic carbocycles. The zero-order valence-corrected chi connectivity index (χ0v) is 8.29. The lowest BCUT2D eigenvalue weighted by Gasteiger charge is -2.07. The van der Waals surface area contributed by atoms with E-state index in [9.17, 15) is 4.79 Å². The van der Waals surface area contributed by atoms with E-state index in [4.69, 9.17) is 0 Å². The summed E-state index contributed by atoms with van der Waals surface area (Å²) < 4.78 is 0. The molecule has 3 heteroatoms. The second kappa shape index (κ2) is 5.77. The van der Waals surface area contributed by atoms with Crippen molar-refractivity contribution in [3.63, 3.8) is 0 Å². The van der Waals surface area contributed by atoms with Gasteiger partial charge in [-0.25, -0.2) is 5.01 Å². The Balaban J connectivity index is 3.61. The van der Waals surface area contributed by atoms with Crippen LogP contribution < -0.4 is 5.43 Å². The van der Waals surface area contributed by atoms with Crippen molar-refractivity contribution in [2.45, 2.75) is 20.3 Å². The van der Waals surface area contributed by atoms with Crippen LogP contribution in [0.2, 0.25) is 0 Å². The normalized spacial score (nSPS) is 11.5. The van der Waals surface area contributed by atoms with Crippen molar-refractivity contribution in [1.82, 2.24) is 10.4 Å². The minimum atomic E-state index is 0.166. The first-order valence-corrected chi connectivity index (χ1v) is 4.15. The molecule has 0 fully saturated rings. The van der Waals surface area contributed by atoms with Gasteiger partial charge in [-0.2, -0.15) is 0 Å². The highest BCUT2D eigenvalue weighted by molar-refractivity contribution is 5.89. The number of carbonyl (C=O) groups is 1. The summed E-state index contributed by atoms with van der Waals surface area (Å²) in [4.78, 5) is 11.1. The Kier molecular flexibility index (Phi) is 5.37. The molecule has 0 aromatic rings. The first-order chi connectivity index (χ1) is 5.52. The lowest BCUT2D eigenvalue weighted by Crippen LogP contribution is -2.25. The lowest BCUT2D eigenvalue weighted by molar-refractivity contribution is -0.115. The van der Waals surface area contributed by atoms with E-state index >= 15 is 0 Å². The number of hydrogen-bond acceptors (Lipinski definition) is 3. The van der Waals surface area contributed by atoms with Crippen LogP contribution in [0.5, 0.6) is 0 Å². The van der Waals surface area contributed by atoms with Gasteiger partial charge in [0, 0.05) is 26.7 Å². The summed E-state index contributed by atoms with van der Waals surface area (Å²) >= 11 is 0. The molecular weight excluding hydrogens is 152 g/mol. The van der Waals surface area contributed by atoms with Gasteiger partial charge in [0.1, 0.15) is 0 Å². The molecule has 0 radical (unpaired) electrons. The second-order valence-corrected chi connectivity index (χ2v) is 3.42.